The molecular formula is C18H19Cl2NO5S. The van der Waals surface area contributed by atoms with Gasteiger partial charge in [0.15, 0.2) is 9.84 Å². The fourth-order valence-corrected chi connectivity index (χ4v) is 4.43. The summed E-state index contributed by atoms with van der Waals surface area (Å²) in [4.78, 5) is 12.0. The van der Waals surface area contributed by atoms with E-state index in [1.54, 1.807) is 19.1 Å². The van der Waals surface area contributed by atoms with Crippen LogP contribution in [0.4, 0.5) is 5.69 Å². The van der Waals surface area contributed by atoms with Crippen molar-refractivity contribution in [1.29, 1.82) is 0 Å². The molecule has 1 unspecified atom stereocenters. The topological polar surface area (TPSA) is 81.7 Å². The van der Waals surface area contributed by atoms with E-state index >= 15 is 0 Å². The van der Waals surface area contributed by atoms with E-state index in [4.69, 9.17) is 32.7 Å². The molecule has 0 heterocycles. The third-order valence-electron chi connectivity index (χ3n) is 3.59. The smallest absolute Gasteiger partial charge is 0.308 e. The van der Waals surface area contributed by atoms with Crippen LogP contribution in [0.3, 0.4) is 0 Å². The molecular weight excluding hydrogens is 413 g/mol. The highest BCUT2D eigenvalue weighted by Crippen LogP contribution is 2.27. The van der Waals surface area contributed by atoms with Crippen LogP contribution < -0.4 is 10.1 Å². The molecule has 1 atom stereocenters. The summed E-state index contributed by atoms with van der Waals surface area (Å²) in [5, 5.41) is 2.21. The van der Waals surface area contributed by atoms with Gasteiger partial charge in [0.05, 0.1) is 25.0 Å². The molecule has 0 radical (unpaired) electrons. The van der Waals surface area contributed by atoms with Crippen molar-refractivity contribution in [1.82, 2.24) is 0 Å². The van der Waals surface area contributed by atoms with Crippen LogP contribution >= 0.6 is 23.2 Å². The van der Waals surface area contributed by atoms with Gasteiger partial charge in [-0.25, -0.2) is 8.42 Å². The molecule has 1 N–H and O–H groups in total. The summed E-state index contributed by atoms with van der Waals surface area (Å²) < 4.78 is 36.2. The molecule has 27 heavy (non-hydrogen) atoms. The van der Waals surface area contributed by atoms with Crippen LogP contribution in [-0.4, -0.2) is 33.5 Å². The van der Waals surface area contributed by atoms with Crippen molar-refractivity contribution in [2.45, 2.75) is 23.6 Å². The molecule has 0 saturated heterocycles. The number of nitrogens with one attached hydrogen (secondary N) is 1. The quantitative estimate of drug-likeness (QED) is 0.631. The van der Waals surface area contributed by atoms with Gasteiger partial charge in [-0.15, -0.1) is 0 Å². The number of carbonyl (C=O) groups is 1. The van der Waals surface area contributed by atoms with Crippen molar-refractivity contribution in [2.24, 2.45) is 0 Å². The second-order valence-electron chi connectivity index (χ2n) is 5.52. The average Bonchev–Trinajstić information content (AvgIpc) is 2.60. The van der Waals surface area contributed by atoms with Gasteiger partial charge in [0.25, 0.3) is 0 Å². The molecule has 0 aromatic heterocycles. The molecule has 2 aromatic carbocycles. The second-order valence-corrected chi connectivity index (χ2v) is 8.53. The molecule has 2 rings (SSSR count). The van der Waals surface area contributed by atoms with Crippen LogP contribution in [-0.2, 0) is 19.4 Å². The van der Waals surface area contributed by atoms with Crippen LogP contribution in [0.2, 0.25) is 10.0 Å². The molecule has 0 spiro atoms. The zero-order chi connectivity index (χ0) is 20.0. The van der Waals surface area contributed by atoms with Gasteiger partial charge in [-0.1, -0.05) is 29.3 Å². The van der Waals surface area contributed by atoms with Gasteiger partial charge in [-0.3, -0.25) is 4.79 Å². The molecule has 146 valence electrons. The van der Waals surface area contributed by atoms with E-state index in [-0.39, 0.29) is 11.5 Å². The summed E-state index contributed by atoms with van der Waals surface area (Å²) in [7, 11) is -2.51. The lowest BCUT2D eigenvalue weighted by atomic mass is 10.3. The Morgan fingerprint density at radius 3 is 2.41 bits per heavy atom. The number of methoxy groups -OCH3 is 1. The number of carbonyl (C=O) groups excluding carboxylic acids is 1. The van der Waals surface area contributed by atoms with Crippen molar-refractivity contribution < 1.29 is 22.7 Å². The second kappa shape index (κ2) is 9.30. The molecule has 0 aliphatic rings. The van der Waals surface area contributed by atoms with E-state index in [2.05, 4.69) is 5.32 Å². The molecule has 0 amide bonds. The summed E-state index contributed by atoms with van der Waals surface area (Å²) in [6, 6.07) is 10.6. The van der Waals surface area contributed by atoms with Gasteiger partial charge in [-0.2, -0.15) is 0 Å². The molecule has 0 saturated carbocycles. The highest BCUT2D eigenvalue weighted by Gasteiger charge is 2.31. The Labute approximate surface area is 168 Å². The summed E-state index contributed by atoms with van der Waals surface area (Å²) >= 11 is 12.0. The average molecular weight is 432 g/mol. The number of ether oxygens (including phenoxy) is 2. The molecule has 6 nitrogen and oxygen atoms in total. The van der Waals surface area contributed by atoms with Crippen molar-refractivity contribution in [2.75, 3.05) is 19.0 Å². The highest BCUT2D eigenvalue weighted by molar-refractivity contribution is 7.92. The van der Waals surface area contributed by atoms with Gasteiger partial charge >= 0.3 is 5.97 Å². The standard InChI is InChI=1S/C18H19Cl2NO5S/c1-3-26-18(22)11-17(21-14-8-12(19)7-13(20)9-14)27(23,24)16-6-4-5-15(10-16)25-2/h4-10,17,21H,3,11H2,1-2H3. The molecule has 0 aliphatic carbocycles. The van der Waals surface area contributed by atoms with Gasteiger partial charge < -0.3 is 14.8 Å². The van der Waals surface area contributed by atoms with Crippen molar-refractivity contribution in [3.05, 3.63) is 52.5 Å². The van der Waals surface area contributed by atoms with E-state index < -0.39 is 27.6 Å². The Morgan fingerprint density at radius 1 is 1.15 bits per heavy atom. The number of hydrogen-bond donors (Lipinski definition) is 1. The fourth-order valence-electron chi connectivity index (χ4n) is 2.38. The molecule has 0 aliphatic heterocycles. The maximum Gasteiger partial charge on any atom is 0.308 e. The minimum absolute atomic E-state index is 0.0109. The van der Waals surface area contributed by atoms with Gasteiger partial charge in [0.2, 0.25) is 0 Å². The first-order valence-corrected chi connectivity index (χ1v) is 10.3. The van der Waals surface area contributed by atoms with E-state index in [1.165, 1.54) is 37.4 Å². The Kier molecular flexibility index (Phi) is 7.35. The first-order valence-electron chi connectivity index (χ1n) is 8.02. The van der Waals surface area contributed by atoms with Gasteiger partial charge in [0.1, 0.15) is 11.1 Å². The summed E-state index contributed by atoms with van der Waals surface area (Å²) in [6.07, 6.45) is -0.391. The molecule has 0 fully saturated rings. The lowest BCUT2D eigenvalue weighted by Gasteiger charge is -2.20. The molecule has 2 aromatic rings. The largest absolute Gasteiger partial charge is 0.497 e. The third kappa shape index (κ3) is 5.76. The van der Waals surface area contributed by atoms with Crippen molar-refractivity contribution in [3.8, 4) is 5.75 Å². The minimum Gasteiger partial charge on any atom is -0.497 e. The van der Waals surface area contributed by atoms with E-state index in [1.807, 2.05) is 0 Å². The van der Waals surface area contributed by atoms with Gasteiger partial charge in [-0.05, 0) is 43.3 Å². The molecule has 0 bridgehead atoms. The summed E-state index contributed by atoms with van der Waals surface area (Å²) in [6.45, 7) is 1.79. The van der Waals surface area contributed by atoms with E-state index in [9.17, 15) is 13.2 Å². The predicted molar refractivity (Wildman–Crippen MR) is 105 cm³/mol. The van der Waals surface area contributed by atoms with Crippen molar-refractivity contribution >= 4 is 44.7 Å². The van der Waals surface area contributed by atoms with E-state index in [0.29, 0.717) is 21.5 Å². The Bertz CT molecular complexity index is 897. The van der Waals surface area contributed by atoms with Crippen LogP contribution in [0.15, 0.2) is 47.4 Å². The Balaban J connectivity index is 2.42. The number of esters is 1. The van der Waals surface area contributed by atoms with Crippen molar-refractivity contribution in [3.63, 3.8) is 0 Å². The maximum atomic E-state index is 13.1. The van der Waals surface area contributed by atoms with E-state index in [0.717, 1.165) is 0 Å². The summed E-state index contributed by atoms with van der Waals surface area (Å²) in [5.41, 5.74) is 0.369. The lowest BCUT2D eigenvalue weighted by molar-refractivity contribution is -0.143. The number of anilines is 1. The van der Waals surface area contributed by atoms with Gasteiger partial charge in [0, 0.05) is 15.7 Å². The third-order valence-corrected chi connectivity index (χ3v) is 5.97. The SMILES string of the molecule is CCOC(=O)CC(Nc1cc(Cl)cc(Cl)c1)S(=O)(=O)c1cccc(OC)c1. The minimum atomic E-state index is -3.95. The number of hydrogen-bond acceptors (Lipinski definition) is 6. The van der Waals surface area contributed by atoms with Crippen LogP contribution in [0.25, 0.3) is 0 Å². The first kappa shape index (κ1) is 21.3. The predicted octanol–water partition coefficient (Wildman–Crippen LogP) is 4.17. The fraction of sp³-hybridized carbons (Fsp3) is 0.278. The van der Waals surface area contributed by atoms with Crippen LogP contribution in [0, 0.1) is 0 Å². The number of halogens is 2. The Hall–Kier alpha value is -1.96. The monoisotopic (exact) mass is 431 g/mol. The van der Waals surface area contributed by atoms with Crippen LogP contribution in [0.1, 0.15) is 13.3 Å². The first-order chi connectivity index (χ1) is 12.8. The normalized spacial score (nSPS) is 12.3. The zero-order valence-corrected chi connectivity index (χ0v) is 17.1. The zero-order valence-electron chi connectivity index (χ0n) is 14.7. The number of rotatable bonds is 8. The maximum absolute atomic E-state index is 13.1. The molecule has 9 heteroatoms. The number of sulfone groups is 1. The summed E-state index contributed by atoms with van der Waals surface area (Å²) in [5.74, 6) is -0.258. The van der Waals surface area contributed by atoms with Crippen LogP contribution in [0.5, 0.6) is 5.75 Å². The highest BCUT2D eigenvalue weighted by atomic mass is 35.5. The Morgan fingerprint density at radius 2 is 1.81 bits per heavy atom. The lowest BCUT2D eigenvalue weighted by Crippen LogP contribution is -2.33. The number of benzene rings is 2.